The number of rotatable bonds is 2. The van der Waals surface area contributed by atoms with E-state index < -0.39 is 35.4 Å². The van der Waals surface area contributed by atoms with E-state index >= 15 is 0 Å². The molecule has 0 saturated heterocycles. The van der Waals surface area contributed by atoms with Crippen LogP contribution >= 0.6 is 0 Å². The van der Waals surface area contributed by atoms with E-state index in [4.69, 9.17) is 9.84 Å². The quantitative estimate of drug-likeness (QED) is 0.818. The monoisotopic (exact) mass is 309 g/mol. The van der Waals surface area contributed by atoms with Gasteiger partial charge in [-0.05, 0) is 39.0 Å². The van der Waals surface area contributed by atoms with Gasteiger partial charge in [-0.15, -0.1) is 0 Å². The van der Waals surface area contributed by atoms with Crippen LogP contribution in [0.25, 0.3) is 0 Å². The van der Waals surface area contributed by atoms with Crippen LogP contribution in [0.1, 0.15) is 32.4 Å². The van der Waals surface area contributed by atoms with Crippen molar-refractivity contribution in [2.45, 2.75) is 38.7 Å². The number of hydrogen-bond donors (Lipinski definition) is 2. The molecule has 1 aromatic carbocycles. The number of anilines is 1. The molecule has 4 nitrogen and oxygen atoms in total. The molecule has 1 aromatic rings. The number of halogens is 4. The molecular formula is C13H15F4NO3. The summed E-state index contributed by atoms with van der Waals surface area (Å²) in [4.78, 5) is 11.5. The summed E-state index contributed by atoms with van der Waals surface area (Å²) in [5.74, 6) is -1.23. The lowest BCUT2D eigenvalue weighted by molar-refractivity contribution is -0.207. The molecule has 0 aromatic heterocycles. The van der Waals surface area contributed by atoms with Gasteiger partial charge in [0.15, 0.2) is 6.10 Å². The number of aliphatic hydroxyl groups is 1. The Hall–Kier alpha value is -1.83. The lowest BCUT2D eigenvalue weighted by atomic mass is 10.1. The van der Waals surface area contributed by atoms with Gasteiger partial charge in [-0.2, -0.15) is 13.2 Å². The second-order valence-corrected chi connectivity index (χ2v) is 5.31. The Labute approximate surface area is 118 Å². The van der Waals surface area contributed by atoms with E-state index in [9.17, 15) is 22.4 Å². The minimum atomic E-state index is -5.01. The van der Waals surface area contributed by atoms with Crippen LogP contribution in [0.2, 0.25) is 0 Å². The predicted octanol–water partition coefficient (Wildman–Crippen LogP) is 3.77. The van der Waals surface area contributed by atoms with Gasteiger partial charge in [0, 0.05) is 11.3 Å². The average Bonchev–Trinajstić information content (AvgIpc) is 2.27. The van der Waals surface area contributed by atoms with Gasteiger partial charge >= 0.3 is 12.3 Å². The Bertz CT molecular complexity index is 523. The minimum Gasteiger partial charge on any atom is -0.444 e. The number of carbonyl (C=O) groups excluding carboxylic acids is 1. The van der Waals surface area contributed by atoms with E-state index in [1.165, 1.54) is 0 Å². The highest BCUT2D eigenvalue weighted by Gasteiger charge is 2.41. The molecule has 0 radical (unpaired) electrons. The van der Waals surface area contributed by atoms with Gasteiger partial charge in [0.05, 0.1) is 0 Å². The van der Waals surface area contributed by atoms with E-state index in [1.54, 1.807) is 20.8 Å². The van der Waals surface area contributed by atoms with Crippen LogP contribution in [0, 0.1) is 5.82 Å². The van der Waals surface area contributed by atoms with Crippen molar-refractivity contribution in [3.05, 3.63) is 29.6 Å². The summed E-state index contributed by atoms with van der Waals surface area (Å²) >= 11 is 0. The molecule has 0 aliphatic heterocycles. The molecule has 1 amide bonds. The van der Waals surface area contributed by atoms with Crippen LogP contribution in [-0.4, -0.2) is 23.0 Å². The third-order valence-corrected chi connectivity index (χ3v) is 2.25. The summed E-state index contributed by atoms with van der Waals surface area (Å²) in [6, 6.07) is 2.49. The number of alkyl halides is 3. The SMILES string of the molecule is CC(C)(C)OC(=O)Nc1ccc(F)c(C(O)C(F)(F)F)c1. The second kappa shape index (κ2) is 5.88. The van der Waals surface area contributed by atoms with E-state index in [-0.39, 0.29) is 5.69 Å². The van der Waals surface area contributed by atoms with Crippen LogP contribution in [0.4, 0.5) is 28.0 Å². The van der Waals surface area contributed by atoms with Crippen LogP contribution in [-0.2, 0) is 4.74 Å². The summed E-state index contributed by atoms with van der Waals surface area (Å²) < 4.78 is 55.5. The van der Waals surface area contributed by atoms with Gasteiger partial charge in [-0.25, -0.2) is 9.18 Å². The maximum Gasteiger partial charge on any atom is 0.418 e. The van der Waals surface area contributed by atoms with Crippen molar-refractivity contribution in [2.24, 2.45) is 0 Å². The number of amides is 1. The standard InChI is InChI=1S/C13H15F4NO3/c1-12(2,3)21-11(20)18-7-4-5-9(14)8(6-7)10(19)13(15,16)17/h4-6,10,19H,1-3H3,(H,18,20). The molecule has 118 valence electrons. The first-order valence-corrected chi connectivity index (χ1v) is 5.94. The summed E-state index contributed by atoms with van der Waals surface area (Å²) in [5, 5.41) is 11.2. The highest BCUT2D eigenvalue weighted by molar-refractivity contribution is 5.85. The summed E-state index contributed by atoms with van der Waals surface area (Å²) in [5.41, 5.74) is -1.89. The predicted molar refractivity (Wildman–Crippen MR) is 67.3 cm³/mol. The molecule has 21 heavy (non-hydrogen) atoms. The molecule has 0 spiro atoms. The lowest BCUT2D eigenvalue weighted by Gasteiger charge is -2.20. The minimum absolute atomic E-state index is 0.121. The number of hydrogen-bond acceptors (Lipinski definition) is 3. The number of aliphatic hydroxyl groups excluding tert-OH is 1. The Morgan fingerprint density at radius 3 is 2.33 bits per heavy atom. The summed E-state index contributed by atoms with van der Waals surface area (Å²) in [7, 11) is 0. The molecule has 0 fully saturated rings. The van der Waals surface area contributed by atoms with Gasteiger partial charge in [-0.1, -0.05) is 0 Å². The first-order valence-electron chi connectivity index (χ1n) is 5.94. The molecule has 1 rings (SSSR count). The molecule has 1 atom stereocenters. The highest BCUT2D eigenvalue weighted by atomic mass is 19.4. The molecule has 2 N–H and O–H groups in total. The Kier molecular flexibility index (Phi) is 4.83. The van der Waals surface area contributed by atoms with Crippen molar-refractivity contribution < 1.29 is 32.2 Å². The number of nitrogens with one attached hydrogen (secondary N) is 1. The average molecular weight is 309 g/mol. The van der Waals surface area contributed by atoms with Gasteiger partial charge in [0.2, 0.25) is 0 Å². The highest BCUT2D eigenvalue weighted by Crippen LogP contribution is 2.34. The molecule has 1 unspecified atom stereocenters. The Morgan fingerprint density at radius 2 is 1.86 bits per heavy atom. The molecule has 0 aliphatic rings. The zero-order valence-corrected chi connectivity index (χ0v) is 11.6. The Morgan fingerprint density at radius 1 is 1.29 bits per heavy atom. The fourth-order valence-corrected chi connectivity index (χ4v) is 1.43. The van der Waals surface area contributed by atoms with Crippen molar-refractivity contribution in [1.82, 2.24) is 0 Å². The second-order valence-electron chi connectivity index (χ2n) is 5.31. The van der Waals surface area contributed by atoms with Gasteiger partial charge in [0.25, 0.3) is 0 Å². The third-order valence-electron chi connectivity index (χ3n) is 2.25. The van der Waals surface area contributed by atoms with Crippen molar-refractivity contribution in [1.29, 1.82) is 0 Å². The smallest absolute Gasteiger partial charge is 0.418 e. The lowest BCUT2D eigenvalue weighted by Crippen LogP contribution is -2.27. The van der Waals surface area contributed by atoms with E-state index in [0.29, 0.717) is 6.07 Å². The molecule has 0 saturated carbocycles. The topological polar surface area (TPSA) is 58.6 Å². The van der Waals surface area contributed by atoms with Crippen molar-refractivity contribution in [2.75, 3.05) is 5.32 Å². The first-order chi connectivity index (χ1) is 9.40. The first kappa shape index (κ1) is 17.2. The van der Waals surface area contributed by atoms with Crippen LogP contribution in [0.3, 0.4) is 0 Å². The maximum atomic E-state index is 13.4. The fraction of sp³-hybridized carbons (Fsp3) is 0.462. The van der Waals surface area contributed by atoms with Crippen LogP contribution in [0.5, 0.6) is 0 Å². The van der Waals surface area contributed by atoms with Gasteiger partial charge in [0.1, 0.15) is 11.4 Å². The van der Waals surface area contributed by atoms with E-state index in [0.717, 1.165) is 12.1 Å². The molecule has 0 heterocycles. The maximum absolute atomic E-state index is 13.4. The molecule has 8 heteroatoms. The van der Waals surface area contributed by atoms with Crippen molar-refractivity contribution >= 4 is 11.8 Å². The summed E-state index contributed by atoms with van der Waals surface area (Å²) in [6.45, 7) is 4.82. The normalized spacial score (nSPS) is 13.7. The zero-order chi connectivity index (χ0) is 16.4. The largest absolute Gasteiger partial charge is 0.444 e. The van der Waals surface area contributed by atoms with Crippen LogP contribution in [0.15, 0.2) is 18.2 Å². The molecule has 0 bridgehead atoms. The number of carbonyl (C=O) groups is 1. The number of benzene rings is 1. The van der Waals surface area contributed by atoms with Gasteiger partial charge < -0.3 is 9.84 Å². The van der Waals surface area contributed by atoms with Crippen molar-refractivity contribution in [3.8, 4) is 0 Å². The van der Waals surface area contributed by atoms with E-state index in [1.807, 2.05) is 0 Å². The van der Waals surface area contributed by atoms with Crippen LogP contribution < -0.4 is 5.32 Å². The van der Waals surface area contributed by atoms with Crippen molar-refractivity contribution in [3.63, 3.8) is 0 Å². The third kappa shape index (κ3) is 5.22. The molecular weight excluding hydrogens is 294 g/mol. The van der Waals surface area contributed by atoms with Gasteiger partial charge in [-0.3, -0.25) is 5.32 Å². The van der Waals surface area contributed by atoms with E-state index in [2.05, 4.69) is 5.32 Å². The summed E-state index contributed by atoms with van der Waals surface area (Å²) in [6.07, 6.45) is -8.88. The Balaban J connectivity index is 2.95. The number of ether oxygens (including phenoxy) is 1. The zero-order valence-electron chi connectivity index (χ0n) is 11.6. The fourth-order valence-electron chi connectivity index (χ4n) is 1.43. The molecule has 0 aliphatic carbocycles.